The van der Waals surface area contributed by atoms with Gasteiger partial charge < -0.3 is 5.73 Å². The number of sulfone groups is 1. The predicted molar refractivity (Wildman–Crippen MR) is 71.0 cm³/mol. The SMILES string of the molecule is Nc1ccc(Cl)cc1S(=O)(=O)Cc1ccccn1. The second-order valence-electron chi connectivity index (χ2n) is 3.76. The van der Waals surface area contributed by atoms with Gasteiger partial charge in [0.05, 0.1) is 22.0 Å². The second kappa shape index (κ2) is 4.96. The first-order chi connectivity index (χ1) is 8.49. The number of nitrogens with zero attached hydrogens (tertiary/aromatic N) is 1. The van der Waals surface area contributed by atoms with Crippen molar-refractivity contribution in [3.8, 4) is 0 Å². The van der Waals surface area contributed by atoms with Crippen molar-refractivity contribution in [1.82, 2.24) is 4.98 Å². The van der Waals surface area contributed by atoms with Crippen LogP contribution in [0.15, 0.2) is 47.5 Å². The van der Waals surface area contributed by atoms with Crippen LogP contribution in [0.25, 0.3) is 0 Å². The van der Waals surface area contributed by atoms with E-state index in [-0.39, 0.29) is 16.3 Å². The Morgan fingerprint density at radius 1 is 1.22 bits per heavy atom. The van der Waals surface area contributed by atoms with Crippen LogP contribution in [-0.4, -0.2) is 13.4 Å². The molecule has 1 aromatic heterocycles. The van der Waals surface area contributed by atoms with E-state index in [1.165, 1.54) is 12.1 Å². The first kappa shape index (κ1) is 12.9. The molecular formula is C12H11ClN2O2S. The standard InChI is InChI=1S/C12H11ClN2O2S/c13-9-4-5-11(14)12(7-9)18(16,17)8-10-3-1-2-6-15-10/h1-7H,8,14H2. The fourth-order valence-corrected chi connectivity index (χ4v) is 3.22. The molecule has 2 rings (SSSR count). The summed E-state index contributed by atoms with van der Waals surface area (Å²) in [5.41, 5.74) is 6.33. The second-order valence-corrected chi connectivity index (χ2v) is 6.16. The van der Waals surface area contributed by atoms with Gasteiger partial charge in [0.1, 0.15) is 0 Å². The smallest absolute Gasteiger partial charge is 0.186 e. The maximum atomic E-state index is 12.2. The molecule has 2 N–H and O–H groups in total. The third-order valence-electron chi connectivity index (χ3n) is 2.37. The molecule has 0 amide bonds. The molecule has 94 valence electrons. The van der Waals surface area contributed by atoms with Crippen LogP contribution < -0.4 is 5.73 Å². The Morgan fingerprint density at radius 2 is 2.00 bits per heavy atom. The number of aromatic nitrogens is 1. The zero-order chi connectivity index (χ0) is 13.2. The van der Waals surface area contributed by atoms with Gasteiger partial charge in [-0.2, -0.15) is 0 Å². The lowest BCUT2D eigenvalue weighted by molar-refractivity contribution is 0.595. The average molecular weight is 283 g/mol. The Kier molecular flexibility index (Phi) is 3.54. The molecule has 2 aromatic rings. The lowest BCUT2D eigenvalue weighted by Crippen LogP contribution is -2.08. The Hall–Kier alpha value is -1.59. The van der Waals surface area contributed by atoms with E-state index < -0.39 is 9.84 Å². The van der Waals surface area contributed by atoms with Crippen LogP contribution in [0.5, 0.6) is 0 Å². The molecule has 0 saturated heterocycles. The number of halogens is 1. The Bertz CT molecular complexity index is 657. The summed E-state index contributed by atoms with van der Waals surface area (Å²) in [7, 11) is -3.54. The van der Waals surface area contributed by atoms with Crippen molar-refractivity contribution in [2.75, 3.05) is 5.73 Å². The summed E-state index contributed by atoms with van der Waals surface area (Å²) in [5, 5.41) is 0.337. The van der Waals surface area contributed by atoms with Crippen molar-refractivity contribution in [2.45, 2.75) is 10.6 Å². The van der Waals surface area contributed by atoms with Crippen LogP contribution in [0.1, 0.15) is 5.69 Å². The average Bonchev–Trinajstić information content (AvgIpc) is 2.33. The number of anilines is 1. The third-order valence-corrected chi connectivity index (χ3v) is 4.31. The summed E-state index contributed by atoms with van der Waals surface area (Å²) in [6.45, 7) is 0. The highest BCUT2D eigenvalue weighted by Gasteiger charge is 2.19. The lowest BCUT2D eigenvalue weighted by Gasteiger charge is -2.07. The minimum absolute atomic E-state index is 0.0423. The van der Waals surface area contributed by atoms with Crippen molar-refractivity contribution < 1.29 is 8.42 Å². The Labute approximate surface area is 110 Å². The molecule has 1 aromatic carbocycles. The summed E-state index contributed by atoms with van der Waals surface area (Å²) < 4.78 is 24.4. The number of benzene rings is 1. The number of hydrogen-bond donors (Lipinski definition) is 1. The number of pyridine rings is 1. The van der Waals surface area contributed by atoms with E-state index in [0.717, 1.165) is 0 Å². The number of nitrogens with two attached hydrogens (primary N) is 1. The van der Waals surface area contributed by atoms with Gasteiger partial charge >= 0.3 is 0 Å². The molecule has 6 heteroatoms. The van der Waals surface area contributed by atoms with Crippen LogP contribution in [0, 0.1) is 0 Å². The van der Waals surface area contributed by atoms with Crippen molar-refractivity contribution in [1.29, 1.82) is 0 Å². The molecule has 0 saturated carbocycles. The minimum Gasteiger partial charge on any atom is -0.398 e. The first-order valence-electron chi connectivity index (χ1n) is 5.17. The maximum absolute atomic E-state index is 12.2. The minimum atomic E-state index is -3.54. The van der Waals surface area contributed by atoms with Gasteiger partial charge in [0.15, 0.2) is 9.84 Å². The molecule has 18 heavy (non-hydrogen) atoms. The summed E-state index contributed by atoms with van der Waals surface area (Å²) in [6.07, 6.45) is 1.55. The quantitative estimate of drug-likeness (QED) is 0.877. The van der Waals surface area contributed by atoms with E-state index in [2.05, 4.69) is 4.98 Å². The maximum Gasteiger partial charge on any atom is 0.186 e. The van der Waals surface area contributed by atoms with Crippen LogP contribution in [-0.2, 0) is 15.6 Å². The van der Waals surface area contributed by atoms with Crippen LogP contribution >= 0.6 is 11.6 Å². The molecule has 0 bridgehead atoms. The molecule has 1 heterocycles. The molecule has 0 atom stereocenters. The predicted octanol–water partition coefficient (Wildman–Crippen LogP) is 2.29. The van der Waals surface area contributed by atoms with Gasteiger partial charge in [-0.15, -0.1) is 0 Å². The highest BCUT2D eigenvalue weighted by atomic mass is 35.5. The van der Waals surface area contributed by atoms with Crippen molar-refractivity contribution in [3.63, 3.8) is 0 Å². The summed E-state index contributed by atoms with van der Waals surface area (Å²) >= 11 is 5.79. The van der Waals surface area contributed by atoms with Gasteiger partial charge in [-0.1, -0.05) is 17.7 Å². The highest BCUT2D eigenvalue weighted by molar-refractivity contribution is 7.90. The van der Waals surface area contributed by atoms with E-state index in [9.17, 15) is 8.42 Å². The van der Waals surface area contributed by atoms with Gasteiger partial charge in [0, 0.05) is 11.2 Å². The van der Waals surface area contributed by atoms with Gasteiger partial charge in [0.2, 0.25) is 0 Å². The number of nitrogen functional groups attached to an aromatic ring is 1. The van der Waals surface area contributed by atoms with Crippen LogP contribution in [0.4, 0.5) is 5.69 Å². The zero-order valence-electron chi connectivity index (χ0n) is 9.38. The highest BCUT2D eigenvalue weighted by Crippen LogP contribution is 2.25. The normalized spacial score (nSPS) is 11.4. The summed E-state index contributed by atoms with van der Waals surface area (Å²) in [4.78, 5) is 4.03. The molecule has 0 unspecified atom stereocenters. The van der Waals surface area contributed by atoms with Crippen molar-refractivity contribution >= 4 is 27.1 Å². The third kappa shape index (κ3) is 2.80. The van der Waals surface area contributed by atoms with Gasteiger partial charge in [0.25, 0.3) is 0 Å². The molecule has 4 nitrogen and oxygen atoms in total. The van der Waals surface area contributed by atoms with E-state index in [4.69, 9.17) is 17.3 Å². The molecule has 0 aliphatic carbocycles. The monoisotopic (exact) mass is 282 g/mol. The fraction of sp³-hybridized carbons (Fsp3) is 0.0833. The number of rotatable bonds is 3. The van der Waals surface area contributed by atoms with Crippen molar-refractivity contribution in [3.05, 3.63) is 53.3 Å². The van der Waals surface area contributed by atoms with E-state index in [0.29, 0.717) is 10.7 Å². The largest absolute Gasteiger partial charge is 0.398 e. The van der Waals surface area contributed by atoms with Crippen LogP contribution in [0.2, 0.25) is 5.02 Å². The first-order valence-corrected chi connectivity index (χ1v) is 7.20. The lowest BCUT2D eigenvalue weighted by atomic mass is 10.3. The molecule has 0 spiro atoms. The topological polar surface area (TPSA) is 73.1 Å². The Morgan fingerprint density at radius 3 is 2.67 bits per heavy atom. The summed E-state index contributed by atoms with van der Waals surface area (Å²) in [6, 6.07) is 9.50. The molecule has 0 radical (unpaired) electrons. The molecule has 0 aliphatic heterocycles. The van der Waals surface area contributed by atoms with Crippen LogP contribution in [0.3, 0.4) is 0 Å². The fourth-order valence-electron chi connectivity index (χ4n) is 1.53. The molecule has 0 fully saturated rings. The van der Waals surface area contributed by atoms with E-state index in [1.807, 2.05) is 0 Å². The number of hydrogen-bond acceptors (Lipinski definition) is 4. The van der Waals surface area contributed by atoms with Gasteiger partial charge in [-0.25, -0.2) is 8.42 Å². The van der Waals surface area contributed by atoms with Gasteiger partial charge in [-0.05, 0) is 30.3 Å². The van der Waals surface area contributed by atoms with E-state index >= 15 is 0 Å². The molecule has 0 aliphatic rings. The summed E-state index contributed by atoms with van der Waals surface area (Å²) in [5.74, 6) is -0.196. The van der Waals surface area contributed by atoms with E-state index in [1.54, 1.807) is 30.5 Å². The molecular weight excluding hydrogens is 272 g/mol. The Balaban J connectivity index is 2.40. The van der Waals surface area contributed by atoms with Crippen molar-refractivity contribution in [2.24, 2.45) is 0 Å². The zero-order valence-corrected chi connectivity index (χ0v) is 10.9. The van der Waals surface area contributed by atoms with Gasteiger partial charge in [-0.3, -0.25) is 4.98 Å².